The Kier molecular flexibility index (Phi) is 3.50. The molecule has 0 aromatic rings. The molecule has 4 nitrogen and oxygen atoms in total. The van der Waals surface area contributed by atoms with E-state index >= 15 is 0 Å². The Morgan fingerprint density at radius 1 is 1.53 bits per heavy atom. The molecule has 4 heteroatoms. The molecule has 0 bridgehead atoms. The van der Waals surface area contributed by atoms with Gasteiger partial charge in [-0.2, -0.15) is 0 Å². The first-order valence-corrected chi connectivity index (χ1v) is 5.25. The molecular weight excluding hydrogens is 192 g/mol. The lowest BCUT2D eigenvalue weighted by molar-refractivity contribution is -0.114. The average molecular weight is 210 g/mol. The molecule has 1 atom stereocenters. The summed E-state index contributed by atoms with van der Waals surface area (Å²) in [6.45, 7) is 5.41. The highest BCUT2D eigenvalue weighted by Gasteiger charge is 2.30. The number of ketones is 1. The molecule has 1 N–H and O–H groups in total. The molecule has 1 heterocycles. The molecular formula is C11H18N2O2. The lowest BCUT2D eigenvalue weighted by Crippen LogP contribution is -2.50. The van der Waals surface area contributed by atoms with E-state index in [1.54, 1.807) is 14.0 Å². The van der Waals surface area contributed by atoms with E-state index in [-0.39, 0.29) is 17.9 Å². The number of nitrogens with one attached hydrogen (secondary N) is 1. The maximum Gasteiger partial charge on any atom is 0.321 e. The Hall–Kier alpha value is -1.32. The summed E-state index contributed by atoms with van der Waals surface area (Å²) in [5, 5.41) is 2.84. The van der Waals surface area contributed by atoms with Crippen molar-refractivity contribution in [2.45, 2.75) is 39.7 Å². The first kappa shape index (κ1) is 11.8. The molecule has 0 saturated carbocycles. The van der Waals surface area contributed by atoms with E-state index in [0.29, 0.717) is 0 Å². The fourth-order valence-electron chi connectivity index (χ4n) is 1.91. The summed E-state index contributed by atoms with van der Waals surface area (Å²) in [5.74, 6) is 0.0396. The van der Waals surface area contributed by atoms with E-state index in [4.69, 9.17) is 0 Å². The second kappa shape index (κ2) is 4.47. The van der Waals surface area contributed by atoms with Crippen LogP contribution >= 0.6 is 0 Å². The minimum Gasteiger partial charge on any atom is -0.331 e. The number of hydrogen-bond donors (Lipinski definition) is 1. The van der Waals surface area contributed by atoms with Crippen LogP contribution in [0.5, 0.6) is 0 Å². The lowest BCUT2D eigenvalue weighted by atomic mass is 9.95. The fourth-order valence-corrected chi connectivity index (χ4v) is 1.91. The Morgan fingerprint density at radius 2 is 2.13 bits per heavy atom. The molecule has 1 rings (SSSR count). The van der Waals surface area contributed by atoms with E-state index in [1.165, 1.54) is 4.90 Å². The normalized spacial score (nSPS) is 21.7. The number of amides is 2. The highest BCUT2D eigenvalue weighted by molar-refractivity contribution is 5.98. The van der Waals surface area contributed by atoms with Gasteiger partial charge in [-0.05, 0) is 20.3 Å². The van der Waals surface area contributed by atoms with Crippen molar-refractivity contribution in [3.8, 4) is 0 Å². The van der Waals surface area contributed by atoms with E-state index < -0.39 is 0 Å². The molecule has 0 unspecified atom stereocenters. The van der Waals surface area contributed by atoms with Crippen LogP contribution in [0.15, 0.2) is 11.3 Å². The van der Waals surface area contributed by atoms with Crippen molar-refractivity contribution in [1.29, 1.82) is 0 Å². The monoisotopic (exact) mass is 210 g/mol. The third-order valence-corrected chi connectivity index (χ3v) is 2.80. The molecule has 1 aliphatic rings. The molecule has 0 aromatic carbocycles. The SMILES string of the molecule is CCC[C@H]1NC(=O)N(C)C(C)=C1C(C)=O. The van der Waals surface area contributed by atoms with Crippen LogP contribution in [0.4, 0.5) is 4.79 Å². The topological polar surface area (TPSA) is 49.4 Å². The van der Waals surface area contributed by atoms with Crippen LogP contribution in [0.25, 0.3) is 0 Å². The van der Waals surface area contributed by atoms with Crippen molar-refractivity contribution in [2.75, 3.05) is 7.05 Å². The minimum atomic E-state index is -0.129. The summed E-state index contributed by atoms with van der Waals surface area (Å²) >= 11 is 0. The smallest absolute Gasteiger partial charge is 0.321 e. The van der Waals surface area contributed by atoms with Gasteiger partial charge in [-0.1, -0.05) is 13.3 Å². The predicted molar refractivity (Wildman–Crippen MR) is 58.4 cm³/mol. The zero-order chi connectivity index (χ0) is 11.6. The van der Waals surface area contributed by atoms with Gasteiger partial charge in [0.2, 0.25) is 0 Å². The number of urea groups is 1. The van der Waals surface area contributed by atoms with Crippen LogP contribution in [0.2, 0.25) is 0 Å². The quantitative estimate of drug-likeness (QED) is 0.770. The van der Waals surface area contributed by atoms with Gasteiger partial charge in [0.25, 0.3) is 0 Å². The first-order chi connectivity index (χ1) is 6.99. The number of hydrogen-bond acceptors (Lipinski definition) is 2. The number of carbonyl (C=O) groups is 2. The Labute approximate surface area is 90.3 Å². The van der Waals surface area contributed by atoms with Crippen LogP contribution < -0.4 is 5.32 Å². The van der Waals surface area contributed by atoms with Gasteiger partial charge in [-0.25, -0.2) is 4.79 Å². The number of allylic oxidation sites excluding steroid dienone is 1. The molecule has 0 saturated heterocycles. The Morgan fingerprint density at radius 3 is 2.60 bits per heavy atom. The molecule has 0 radical (unpaired) electrons. The molecule has 0 spiro atoms. The molecule has 0 fully saturated rings. The first-order valence-electron chi connectivity index (χ1n) is 5.25. The Balaban J connectivity index is 3.08. The number of Topliss-reactive ketones (excluding diaryl/α,β-unsaturated/α-hetero) is 1. The second-order valence-electron chi connectivity index (χ2n) is 3.91. The van der Waals surface area contributed by atoms with Gasteiger partial charge in [0, 0.05) is 18.3 Å². The van der Waals surface area contributed by atoms with Crippen molar-refractivity contribution in [1.82, 2.24) is 10.2 Å². The maximum atomic E-state index is 11.5. The summed E-state index contributed by atoms with van der Waals surface area (Å²) in [4.78, 5) is 24.5. The molecule has 84 valence electrons. The van der Waals surface area contributed by atoms with Gasteiger partial charge in [0.1, 0.15) is 0 Å². The number of nitrogens with zero attached hydrogens (tertiary/aromatic N) is 1. The third-order valence-electron chi connectivity index (χ3n) is 2.80. The Bertz CT molecular complexity index is 321. The summed E-state index contributed by atoms with van der Waals surface area (Å²) in [6.07, 6.45) is 1.75. The predicted octanol–water partition coefficient (Wildman–Crippen LogP) is 1.67. The van der Waals surface area contributed by atoms with Crippen LogP contribution in [0, 0.1) is 0 Å². The highest BCUT2D eigenvalue weighted by Crippen LogP contribution is 2.21. The molecule has 0 aliphatic carbocycles. The van der Waals surface area contributed by atoms with Crippen LogP contribution in [0.3, 0.4) is 0 Å². The fraction of sp³-hybridized carbons (Fsp3) is 0.636. The van der Waals surface area contributed by atoms with Gasteiger partial charge < -0.3 is 10.2 Å². The summed E-state index contributed by atoms with van der Waals surface area (Å²) in [7, 11) is 1.68. The molecule has 15 heavy (non-hydrogen) atoms. The van der Waals surface area contributed by atoms with Crippen LogP contribution in [-0.4, -0.2) is 29.8 Å². The number of carbonyl (C=O) groups excluding carboxylic acids is 2. The van der Waals surface area contributed by atoms with Gasteiger partial charge in [-0.3, -0.25) is 4.79 Å². The maximum absolute atomic E-state index is 11.5. The lowest BCUT2D eigenvalue weighted by Gasteiger charge is -2.32. The summed E-state index contributed by atoms with van der Waals surface area (Å²) in [6, 6.07) is -0.243. The zero-order valence-corrected chi connectivity index (χ0v) is 9.76. The van der Waals surface area contributed by atoms with Gasteiger partial charge in [0.05, 0.1) is 6.04 Å². The van der Waals surface area contributed by atoms with Crippen LogP contribution in [0.1, 0.15) is 33.6 Å². The van der Waals surface area contributed by atoms with E-state index in [0.717, 1.165) is 24.1 Å². The van der Waals surface area contributed by atoms with Crippen LogP contribution in [-0.2, 0) is 4.79 Å². The minimum absolute atomic E-state index is 0.0396. The van der Waals surface area contributed by atoms with Gasteiger partial charge in [-0.15, -0.1) is 0 Å². The second-order valence-corrected chi connectivity index (χ2v) is 3.91. The highest BCUT2D eigenvalue weighted by atomic mass is 16.2. The molecule has 0 aromatic heterocycles. The van der Waals surface area contributed by atoms with E-state index in [1.807, 2.05) is 13.8 Å². The van der Waals surface area contributed by atoms with E-state index in [2.05, 4.69) is 5.32 Å². The standard InChI is InChI=1S/C11H18N2O2/c1-5-6-9-10(8(3)14)7(2)13(4)11(15)12-9/h9H,5-6H2,1-4H3,(H,12,15)/t9-/m1/s1. The zero-order valence-electron chi connectivity index (χ0n) is 9.76. The van der Waals surface area contributed by atoms with Gasteiger partial charge >= 0.3 is 6.03 Å². The van der Waals surface area contributed by atoms with E-state index in [9.17, 15) is 9.59 Å². The molecule has 1 aliphatic heterocycles. The summed E-state index contributed by atoms with van der Waals surface area (Å²) in [5.41, 5.74) is 1.50. The summed E-state index contributed by atoms with van der Waals surface area (Å²) < 4.78 is 0. The van der Waals surface area contributed by atoms with Gasteiger partial charge in [0.15, 0.2) is 5.78 Å². The van der Waals surface area contributed by atoms with Crippen molar-refractivity contribution in [2.24, 2.45) is 0 Å². The van der Waals surface area contributed by atoms with Crippen molar-refractivity contribution in [3.63, 3.8) is 0 Å². The van der Waals surface area contributed by atoms with Crippen molar-refractivity contribution >= 4 is 11.8 Å². The van der Waals surface area contributed by atoms with Crippen molar-refractivity contribution < 1.29 is 9.59 Å². The number of rotatable bonds is 3. The largest absolute Gasteiger partial charge is 0.331 e. The molecule has 2 amide bonds. The average Bonchev–Trinajstić information content (AvgIpc) is 2.14. The van der Waals surface area contributed by atoms with Crippen molar-refractivity contribution in [3.05, 3.63) is 11.3 Å². The third kappa shape index (κ3) is 2.19.